The highest BCUT2D eigenvalue weighted by Gasteiger charge is 2.28. The minimum atomic E-state index is -0.485. The summed E-state index contributed by atoms with van der Waals surface area (Å²) in [6.45, 7) is 6.88. The molecule has 1 fully saturated rings. The van der Waals surface area contributed by atoms with E-state index >= 15 is 0 Å². The molecule has 0 aliphatic carbocycles. The summed E-state index contributed by atoms with van der Waals surface area (Å²) in [5.74, 6) is 0.635. The molecule has 0 spiro atoms. The second kappa shape index (κ2) is 7.00. The predicted octanol–water partition coefficient (Wildman–Crippen LogP) is 3.70. The number of anilines is 1. The van der Waals surface area contributed by atoms with E-state index in [4.69, 9.17) is 16.3 Å². The molecule has 1 aromatic heterocycles. The Morgan fingerprint density at radius 2 is 2.23 bits per heavy atom. The van der Waals surface area contributed by atoms with Crippen LogP contribution in [0.25, 0.3) is 0 Å². The third-order valence-corrected chi connectivity index (χ3v) is 4.43. The van der Waals surface area contributed by atoms with E-state index in [1.54, 1.807) is 4.90 Å². The number of hydrogen-bond acceptors (Lipinski definition) is 5. The topological polar surface area (TPSA) is 67.3 Å². The zero-order valence-corrected chi connectivity index (χ0v) is 15.2. The van der Waals surface area contributed by atoms with Gasteiger partial charge in [0.1, 0.15) is 22.9 Å². The van der Waals surface area contributed by atoms with Crippen molar-refractivity contribution in [2.45, 2.75) is 45.3 Å². The summed E-state index contributed by atoms with van der Waals surface area (Å²) >= 11 is 9.33. The van der Waals surface area contributed by atoms with Crippen LogP contribution < -0.4 is 5.32 Å². The molecule has 0 unspecified atom stereocenters. The molecule has 1 saturated heterocycles. The Balaban J connectivity index is 1.99. The summed E-state index contributed by atoms with van der Waals surface area (Å²) in [6, 6.07) is 0.100. The molecule has 2 heterocycles. The molecule has 0 aromatic carbocycles. The summed E-state index contributed by atoms with van der Waals surface area (Å²) in [6.07, 6.45) is 2.99. The highest BCUT2D eigenvalue weighted by Crippen LogP contribution is 2.27. The molecule has 6 nitrogen and oxygen atoms in total. The Labute approximate surface area is 143 Å². The summed E-state index contributed by atoms with van der Waals surface area (Å²) in [7, 11) is 0. The lowest BCUT2D eigenvalue weighted by molar-refractivity contribution is 0.0206. The van der Waals surface area contributed by atoms with Gasteiger partial charge >= 0.3 is 6.09 Å². The van der Waals surface area contributed by atoms with Crippen LogP contribution in [-0.4, -0.2) is 45.7 Å². The van der Waals surface area contributed by atoms with E-state index < -0.39 is 5.60 Å². The molecule has 0 saturated carbocycles. The van der Waals surface area contributed by atoms with Crippen molar-refractivity contribution < 1.29 is 9.53 Å². The molecular weight excluding hydrogens is 372 g/mol. The number of aromatic nitrogens is 2. The van der Waals surface area contributed by atoms with E-state index in [1.807, 2.05) is 20.8 Å². The smallest absolute Gasteiger partial charge is 0.410 e. The Kier molecular flexibility index (Phi) is 5.50. The largest absolute Gasteiger partial charge is 0.444 e. The number of amides is 1. The van der Waals surface area contributed by atoms with Gasteiger partial charge in [-0.2, -0.15) is 0 Å². The molecule has 1 atom stereocenters. The van der Waals surface area contributed by atoms with Crippen molar-refractivity contribution in [1.82, 2.24) is 14.9 Å². The average Bonchev–Trinajstić information content (AvgIpc) is 2.42. The number of piperidine rings is 1. The first-order valence-electron chi connectivity index (χ1n) is 7.17. The molecular formula is C14H20BrClN4O2. The molecule has 1 amide bonds. The fourth-order valence-corrected chi connectivity index (χ4v) is 2.68. The second-order valence-electron chi connectivity index (χ2n) is 6.24. The minimum Gasteiger partial charge on any atom is -0.444 e. The Morgan fingerprint density at radius 3 is 2.91 bits per heavy atom. The van der Waals surface area contributed by atoms with Gasteiger partial charge in [0.05, 0.1) is 4.47 Å². The van der Waals surface area contributed by atoms with Crippen molar-refractivity contribution in [1.29, 1.82) is 0 Å². The standard InChI is InChI=1S/C14H20BrClN4O2/c1-14(2,3)22-13(21)20-6-4-5-9(7-20)19-12-10(15)11(16)17-8-18-12/h8-9H,4-7H2,1-3H3,(H,17,18,19)/t9-/m1/s1. The van der Waals surface area contributed by atoms with E-state index in [0.29, 0.717) is 28.5 Å². The van der Waals surface area contributed by atoms with Gasteiger partial charge in [-0.15, -0.1) is 0 Å². The first kappa shape index (κ1) is 17.3. The van der Waals surface area contributed by atoms with Crippen molar-refractivity contribution in [2.75, 3.05) is 18.4 Å². The van der Waals surface area contributed by atoms with Gasteiger partial charge in [0, 0.05) is 19.1 Å². The fraction of sp³-hybridized carbons (Fsp3) is 0.643. The highest BCUT2D eigenvalue weighted by molar-refractivity contribution is 9.10. The lowest BCUT2D eigenvalue weighted by Crippen LogP contribution is -2.47. The zero-order valence-electron chi connectivity index (χ0n) is 12.9. The van der Waals surface area contributed by atoms with Gasteiger partial charge in [-0.05, 0) is 49.5 Å². The maximum absolute atomic E-state index is 12.2. The predicted molar refractivity (Wildman–Crippen MR) is 89.2 cm³/mol. The first-order chi connectivity index (χ1) is 10.3. The quantitative estimate of drug-likeness (QED) is 0.779. The number of carbonyl (C=O) groups excluding carboxylic acids is 1. The zero-order chi connectivity index (χ0) is 16.3. The van der Waals surface area contributed by atoms with Gasteiger partial charge in [0.15, 0.2) is 0 Å². The average molecular weight is 392 g/mol. The number of ether oxygens (including phenoxy) is 1. The molecule has 2 rings (SSSR count). The Bertz CT molecular complexity index is 550. The van der Waals surface area contributed by atoms with Crippen LogP contribution in [0.3, 0.4) is 0 Å². The Hall–Kier alpha value is -1.08. The number of carbonyl (C=O) groups is 1. The van der Waals surface area contributed by atoms with Crippen molar-refractivity contribution in [3.63, 3.8) is 0 Å². The molecule has 0 bridgehead atoms. The number of nitrogens with zero attached hydrogens (tertiary/aromatic N) is 3. The molecule has 8 heteroatoms. The van der Waals surface area contributed by atoms with Crippen LogP contribution in [-0.2, 0) is 4.74 Å². The van der Waals surface area contributed by atoms with Gasteiger partial charge in [0.25, 0.3) is 0 Å². The number of nitrogens with one attached hydrogen (secondary N) is 1. The van der Waals surface area contributed by atoms with Crippen molar-refractivity contribution in [3.05, 3.63) is 16.0 Å². The SMILES string of the molecule is CC(C)(C)OC(=O)N1CCC[C@@H](Nc2ncnc(Cl)c2Br)C1. The molecule has 1 aromatic rings. The number of likely N-dealkylation sites (tertiary alicyclic amines) is 1. The molecule has 1 aliphatic rings. The van der Waals surface area contributed by atoms with Crippen LogP contribution in [0.2, 0.25) is 5.15 Å². The monoisotopic (exact) mass is 390 g/mol. The fourth-order valence-electron chi connectivity index (χ4n) is 2.23. The van der Waals surface area contributed by atoms with Crippen LogP contribution in [0.1, 0.15) is 33.6 Å². The Morgan fingerprint density at radius 1 is 1.50 bits per heavy atom. The van der Waals surface area contributed by atoms with Crippen LogP contribution in [0.5, 0.6) is 0 Å². The van der Waals surface area contributed by atoms with E-state index in [2.05, 4.69) is 31.2 Å². The van der Waals surface area contributed by atoms with Gasteiger partial charge in [-0.25, -0.2) is 14.8 Å². The van der Waals surface area contributed by atoms with Gasteiger partial charge in [0.2, 0.25) is 0 Å². The first-order valence-corrected chi connectivity index (χ1v) is 8.34. The highest BCUT2D eigenvalue weighted by atomic mass is 79.9. The van der Waals surface area contributed by atoms with Gasteiger partial charge in [-0.3, -0.25) is 0 Å². The normalized spacial score (nSPS) is 19.0. The summed E-state index contributed by atoms with van der Waals surface area (Å²) in [4.78, 5) is 22.0. The minimum absolute atomic E-state index is 0.100. The van der Waals surface area contributed by atoms with Crippen molar-refractivity contribution in [3.8, 4) is 0 Å². The summed E-state index contributed by atoms with van der Waals surface area (Å²) in [5.41, 5.74) is -0.485. The van der Waals surface area contributed by atoms with E-state index in [9.17, 15) is 4.79 Å². The van der Waals surface area contributed by atoms with Crippen LogP contribution in [0.4, 0.5) is 10.6 Å². The summed E-state index contributed by atoms with van der Waals surface area (Å²) in [5, 5.41) is 3.66. The lowest BCUT2D eigenvalue weighted by Gasteiger charge is -2.34. The van der Waals surface area contributed by atoms with E-state index in [-0.39, 0.29) is 12.1 Å². The second-order valence-corrected chi connectivity index (χ2v) is 7.39. The molecule has 0 radical (unpaired) electrons. The molecule has 1 aliphatic heterocycles. The molecule has 22 heavy (non-hydrogen) atoms. The number of rotatable bonds is 2. The van der Waals surface area contributed by atoms with Gasteiger partial charge in [-0.1, -0.05) is 11.6 Å². The van der Waals surface area contributed by atoms with Gasteiger partial charge < -0.3 is 15.0 Å². The number of hydrogen-bond donors (Lipinski definition) is 1. The van der Waals surface area contributed by atoms with E-state index in [0.717, 1.165) is 12.8 Å². The third-order valence-electron chi connectivity index (χ3n) is 3.16. The van der Waals surface area contributed by atoms with E-state index in [1.165, 1.54) is 6.33 Å². The van der Waals surface area contributed by atoms with Crippen molar-refractivity contribution >= 4 is 39.4 Å². The lowest BCUT2D eigenvalue weighted by atomic mass is 10.1. The van der Waals surface area contributed by atoms with Crippen LogP contribution in [0.15, 0.2) is 10.8 Å². The van der Waals surface area contributed by atoms with Crippen molar-refractivity contribution in [2.24, 2.45) is 0 Å². The van der Waals surface area contributed by atoms with Crippen LogP contribution in [0, 0.1) is 0 Å². The third kappa shape index (κ3) is 4.71. The maximum Gasteiger partial charge on any atom is 0.410 e. The number of halogens is 2. The molecule has 122 valence electrons. The van der Waals surface area contributed by atoms with Crippen LogP contribution >= 0.6 is 27.5 Å². The summed E-state index contributed by atoms with van der Waals surface area (Å²) < 4.78 is 6.05. The molecule has 1 N–H and O–H groups in total. The maximum atomic E-state index is 12.2.